The summed E-state index contributed by atoms with van der Waals surface area (Å²) in [6.07, 6.45) is -4.39. The van der Waals surface area contributed by atoms with Crippen molar-refractivity contribution >= 4 is 0 Å². The van der Waals surface area contributed by atoms with Gasteiger partial charge in [-0.2, -0.15) is 0 Å². The fourth-order valence-electron chi connectivity index (χ4n) is 2.00. The molecule has 0 aromatic rings. The zero-order valence-electron chi connectivity index (χ0n) is 8.66. The third-order valence-corrected chi connectivity index (χ3v) is 2.66. The zero-order chi connectivity index (χ0) is 11.2. The summed E-state index contributed by atoms with van der Waals surface area (Å²) in [7, 11) is 0. The molecule has 0 aromatic heterocycles. The van der Waals surface area contributed by atoms with Crippen molar-refractivity contribution in [2.75, 3.05) is 6.61 Å². The Morgan fingerprint density at radius 1 is 1.13 bits per heavy atom. The van der Waals surface area contributed by atoms with Crippen molar-refractivity contribution in [2.24, 2.45) is 0 Å². The molecular weight excluding hydrogens is 204 g/mol. The van der Waals surface area contributed by atoms with Crippen molar-refractivity contribution in [1.82, 2.24) is 0 Å². The standard InChI is InChI=1S/C9H16O6/c1-9(2)14-6-5(11)4(3-10)13-8(12)7(6)15-9/h4-8,10-12H,3H2,1-2H3/t4-,5-,6+,7+,8+/m1/s1. The summed E-state index contributed by atoms with van der Waals surface area (Å²) >= 11 is 0. The second kappa shape index (κ2) is 3.65. The van der Waals surface area contributed by atoms with Crippen molar-refractivity contribution in [3.8, 4) is 0 Å². The van der Waals surface area contributed by atoms with Crippen LogP contribution in [0.1, 0.15) is 13.8 Å². The van der Waals surface area contributed by atoms with E-state index in [2.05, 4.69) is 0 Å². The molecule has 6 nitrogen and oxygen atoms in total. The highest BCUT2D eigenvalue weighted by atomic mass is 16.8. The number of rotatable bonds is 1. The Bertz CT molecular complexity index is 243. The minimum Gasteiger partial charge on any atom is -0.394 e. The van der Waals surface area contributed by atoms with Crippen LogP contribution in [0.3, 0.4) is 0 Å². The Hall–Kier alpha value is -0.240. The highest BCUT2D eigenvalue weighted by Crippen LogP contribution is 2.36. The molecule has 3 N–H and O–H groups in total. The molecule has 2 saturated heterocycles. The molecule has 88 valence electrons. The molecule has 2 fully saturated rings. The van der Waals surface area contributed by atoms with Crippen LogP contribution in [0, 0.1) is 0 Å². The highest BCUT2D eigenvalue weighted by molar-refractivity contribution is 4.95. The monoisotopic (exact) mass is 220 g/mol. The van der Waals surface area contributed by atoms with Crippen molar-refractivity contribution in [1.29, 1.82) is 0 Å². The molecule has 2 rings (SSSR count). The van der Waals surface area contributed by atoms with Gasteiger partial charge < -0.3 is 29.5 Å². The zero-order valence-corrected chi connectivity index (χ0v) is 8.66. The van der Waals surface area contributed by atoms with Gasteiger partial charge in [-0.15, -0.1) is 0 Å². The van der Waals surface area contributed by atoms with Gasteiger partial charge in [-0.25, -0.2) is 0 Å². The average molecular weight is 220 g/mol. The van der Waals surface area contributed by atoms with Gasteiger partial charge in [0.05, 0.1) is 6.61 Å². The van der Waals surface area contributed by atoms with Crippen LogP contribution < -0.4 is 0 Å². The minimum absolute atomic E-state index is 0.370. The Labute approximate surface area is 87.4 Å². The van der Waals surface area contributed by atoms with E-state index in [4.69, 9.17) is 19.3 Å². The Morgan fingerprint density at radius 3 is 2.33 bits per heavy atom. The van der Waals surface area contributed by atoms with E-state index in [-0.39, 0.29) is 6.61 Å². The number of aliphatic hydroxyl groups excluding tert-OH is 3. The molecule has 0 aromatic carbocycles. The van der Waals surface area contributed by atoms with Crippen LogP contribution in [0.25, 0.3) is 0 Å². The van der Waals surface area contributed by atoms with Gasteiger partial charge in [-0.3, -0.25) is 0 Å². The molecule has 2 heterocycles. The van der Waals surface area contributed by atoms with E-state index in [1.165, 1.54) is 0 Å². The lowest BCUT2D eigenvalue weighted by Crippen LogP contribution is -2.57. The number of hydrogen-bond donors (Lipinski definition) is 3. The van der Waals surface area contributed by atoms with E-state index < -0.39 is 36.5 Å². The molecule has 0 spiro atoms. The number of ether oxygens (including phenoxy) is 3. The first-order valence-corrected chi connectivity index (χ1v) is 4.93. The Kier molecular flexibility index (Phi) is 2.74. The normalized spacial score (nSPS) is 49.0. The maximum atomic E-state index is 9.79. The summed E-state index contributed by atoms with van der Waals surface area (Å²) < 4.78 is 15.8. The van der Waals surface area contributed by atoms with E-state index in [0.29, 0.717) is 0 Å². The van der Waals surface area contributed by atoms with E-state index in [9.17, 15) is 10.2 Å². The van der Waals surface area contributed by atoms with Gasteiger partial charge in [0.15, 0.2) is 12.1 Å². The molecule has 6 heteroatoms. The average Bonchev–Trinajstić information content (AvgIpc) is 2.48. The Morgan fingerprint density at radius 2 is 1.73 bits per heavy atom. The van der Waals surface area contributed by atoms with Crippen LogP contribution >= 0.6 is 0 Å². The lowest BCUT2D eigenvalue weighted by Gasteiger charge is -2.36. The van der Waals surface area contributed by atoms with Crippen LogP contribution in [-0.2, 0) is 14.2 Å². The lowest BCUT2D eigenvalue weighted by atomic mass is 9.99. The second-order valence-corrected chi connectivity index (χ2v) is 4.30. The summed E-state index contributed by atoms with van der Waals surface area (Å²) in [5, 5.41) is 28.3. The molecule has 0 radical (unpaired) electrons. The minimum atomic E-state index is -1.18. The van der Waals surface area contributed by atoms with Crippen molar-refractivity contribution in [3.05, 3.63) is 0 Å². The molecule has 0 bridgehead atoms. The number of hydrogen-bond acceptors (Lipinski definition) is 6. The quantitative estimate of drug-likeness (QED) is 0.502. The molecule has 2 aliphatic heterocycles. The third-order valence-electron chi connectivity index (χ3n) is 2.66. The maximum Gasteiger partial charge on any atom is 0.184 e. The predicted octanol–water partition coefficient (Wildman–Crippen LogP) is -1.42. The molecule has 0 unspecified atom stereocenters. The lowest BCUT2D eigenvalue weighted by molar-refractivity contribution is -0.262. The van der Waals surface area contributed by atoms with Gasteiger partial charge in [0.1, 0.15) is 24.4 Å². The first kappa shape index (κ1) is 11.3. The van der Waals surface area contributed by atoms with Gasteiger partial charge >= 0.3 is 0 Å². The van der Waals surface area contributed by atoms with Gasteiger partial charge in [0, 0.05) is 0 Å². The van der Waals surface area contributed by atoms with Crippen molar-refractivity contribution in [3.63, 3.8) is 0 Å². The molecule has 2 aliphatic rings. The van der Waals surface area contributed by atoms with Gasteiger partial charge in [-0.05, 0) is 13.8 Å². The van der Waals surface area contributed by atoms with Crippen LogP contribution in [-0.4, -0.2) is 58.4 Å². The van der Waals surface area contributed by atoms with Crippen LogP contribution in [0.4, 0.5) is 0 Å². The van der Waals surface area contributed by atoms with Crippen LogP contribution in [0.15, 0.2) is 0 Å². The topological polar surface area (TPSA) is 88.4 Å². The first-order valence-electron chi connectivity index (χ1n) is 4.93. The number of fused-ring (bicyclic) bond motifs is 1. The molecule has 5 atom stereocenters. The fourth-order valence-corrected chi connectivity index (χ4v) is 2.00. The summed E-state index contributed by atoms with van der Waals surface area (Å²) in [6, 6.07) is 0. The van der Waals surface area contributed by atoms with Crippen molar-refractivity contribution in [2.45, 2.75) is 50.3 Å². The van der Waals surface area contributed by atoms with E-state index in [1.54, 1.807) is 13.8 Å². The predicted molar refractivity (Wildman–Crippen MR) is 47.8 cm³/mol. The van der Waals surface area contributed by atoms with Gasteiger partial charge in [-0.1, -0.05) is 0 Å². The van der Waals surface area contributed by atoms with E-state index >= 15 is 0 Å². The van der Waals surface area contributed by atoms with Gasteiger partial charge in [0.2, 0.25) is 0 Å². The largest absolute Gasteiger partial charge is 0.394 e. The third kappa shape index (κ3) is 1.89. The van der Waals surface area contributed by atoms with Gasteiger partial charge in [0.25, 0.3) is 0 Å². The molecule has 0 amide bonds. The SMILES string of the molecule is CC1(C)O[C@H]2[C@H](O)[C@@H](CO)O[C@H](O)[C@H]2O1. The van der Waals surface area contributed by atoms with Crippen LogP contribution in [0.5, 0.6) is 0 Å². The molecule has 0 aliphatic carbocycles. The Balaban J connectivity index is 2.16. The van der Waals surface area contributed by atoms with E-state index in [0.717, 1.165) is 0 Å². The summed E-state index contributed by atoms with van der Waals surface area (Å²) in [5.41, 5.74) is 0. The van der Waals surface area contributed by atoms with Crippen molar-refractivity contribution < 1.29 is 29.5 Å². The highest BCUT2D eigenvalue weighted by Gasteiger charge is 2.54. The summed E-state index contributed by atoms with van der Waals surface area (Å²) in [4.78, 5) is 0. The van der Waals surface area contributed by atoms with Crippen LogP contribution in [0.2, 0.25) is 0 Å². The second-order valence-electron chi connectivity index (χ2n) is 4.30. The molecular formula is C9H16O6. The summed E-state index contributed by atoms with van der Waals surface area (Å²) in [5.74, 6) is -0.856. The summed E-state index contributed by atoms with van der Waals surface area (Å²) in [6.45, 7) is 3.02. The molecule has 0 saturated carbocycles. The fraction of sp³-hybridized carbons (Fsp3) is 1.00. The first-order chi connectivity index (χ1) is 6.94. The smallest absolute Gasteiger partial charge is 0.184 e. The number of aliphatic hydroxyl groups is 3. The maximum absolute atomic E-state index is 9.79. The molecule has 15 heavy (non-hydrogen) atoms. The van der Waals surface area contributed by atoms with E-state index in [1.807, 2.05) is 0 Å².